The van der Waals surface area contributed by atoms with Gasteiger partial charge in [0, 0.05) is 12.6 Å². The molecule has 0 radical (unpaired) electrons. The molecule has 0 saturated carbocycles. The first-order valence-corrected chi connectivity index (χ1v) is 7.70. The van der Waals surface area contributed by atoms with Gasteiger partial charge in [0.2, 0.25) is 0 Å². The third-order valence-electron chi connectivity index (χ3n) is 3.35. The third kappa shape index (κ3) is 3.04. The van der Waals surface area contributed by atoms with Crippen molar-refractivity contribution in [2.75, 3.05) is 11.9 Å². The number of nitrogens with one attached hydrogen (secondary N) is 2. The number of hydrogen-bond donors (Lipinski definition) is 2. The van der Waals surface area contributed by atoms with Gasteiger partial charge in [-0.05, 0) is 18.9 Å². The van der Waals surface area contributed by atoms with E-state index in [1.807, 2.05) is 0 Å². The van der Waals surface area contributed by atoms with Crippen LogP contribution in [-0.2, 0) is 6.42 Å². The third-order valence-corrected chi connectivity index (χ3v) is 4.36. The lowest BCUT2D eigenvalue weighted by atomic mass is 10.1. The summed E-state index contributed by atoms with van der Waals surface area (Å²) in [6.07, 6.45) is 1.42. The second kappa shape index (κ2) is 6.13. The average Bonchev–Trinajstić information content (AvgIpc) is 2.86. The Labute approximate surface area is 134 Å². The first-order valence-electron chi connectivity index (χ1n) is 6.89. The average molecular weight is 332 g/mol. The number of carbonyl (C=O) groups is 2. The summed E-state index contributed by atoms with van der Waals surface area (Å²) < 4.78 is 0. The normalized spacial score (nSPS) is 13.7. The Bertz CT molecular complexity index is 802. The second-order valence-corrected chi connectivity index (χ2v) is 5.88. The Morgan fingerprint density at radius 2 is 2.17 bits per heavy atom. The fourth-order valence-electron chi connectivity index (χ4n) is 2.28. The first kappa shape index (κ1) is 15.1. The van der Waals surface area contributed by atoms with Crippen molar-refractivity contribution in [3.8, 4) is 0 Å². The maximum absolute atomic E-state index is 12.3. The summed E-state index contributed by atoms with van der Waals surface area (Å²) in [5, 5.41) is 16.5. The summed E-state index contributed by atoms with van der Waals surface area (Å²) in [5.41, 5.74) is 0.316. The molecule has 2 amide bonds. The number of para-hydroxylation sites is 1. The summed E-state index contributed by atoms with van der Waals surface area (Å²) in [6, 6.07) is 5.68. The van der Waals surface area contributed by atoms with Crippen molar-refractivity contribution in [1.82, 2.24) is 10.3 Å². The van der Waals surface area contributed by atoms with Crippen LogP contribution in [0.3, 0.4) is 0 Å². The van der Waals surface area contributed by atoms with E-state index >= 15 is 0 Å². The fourth-order valence-corrected chi connectivity index (χ4v) is 3.20. The molecule has 0 saturated heterocycles. The molecule has 1 aromatic heterocycles. The molecule has 3 rings (SSSR count). The van der Waals surface area contributed by atoms with Gasteiger partial charge in [0.25, 0.3) is 17.5 Å². The number of aryl methyl sites for hydroxylation is 1. The van der Waals surface area contributed by atoms with Gasteiger partial charge in [0.1, 0.15) is 10.4 Å². The lowest BCUT2D eigenvalue weighted by Gasteiger charge is -2.02. The van der Waals surface area contributed by atoms with Crippen molar-refractivity contribution < 1.29 is 14.5 Å². The van der Waals surface area contributed by atoms with Gasteiger partial charge >= 0.3 is 0 Å². The zero-order valence-electron chi connectivity index (χ0n) is 11.9. The number of thiazole rings is 1. The van der Waals surface area contributed by atoms with Crippen LogP contribution in [-0.4, -0.2) is 28.3 Å². The zero-order valence-corrected chi connectivity index (χ0v) is 12.7. The summed E-state index contributed by atoms with van der Waals surface area (Å²) >= 11 is 1.07. The SMILES string of the molecule is O=C(Nc1nc2c(s1)C(=O)NCCC2)c1ccccc1[N+](=O)[O-]. The number of nitrogens with zero attached hydrogens (tertiary/aromatic N) is 2. The summed E-state index contributed by atoms with van der Waals surface area (Å²) in [6.45, 7) is 0.597. The van der Waals surface area contributed by atoms with Crippen LogP contribution in [0.15, 0.2) is 24.3 Å². The molecular formula is C14H12N4O4S. The van der Waals surface area contributed by atoms with Crippen LogP contribution in [0.2, 0.25) is 0 Å². The van der Waals surface area contributed by atoms with E-state index in [9.17, 15) is 19.7 Å². The molecule has 2 aromatic rings. The molecule has 9 heteroatoms. The highest BCUT2D eigenvalue weighted by molar-refractivity contribution is 7.17. The Kier molecular flexibility index (Phi) is 4.02. The van der Waals surface area contributed by atoms with Gasteiger partial charge in [0.05, 0.1) is 10.6 Å². The monoisotopic (exact) mass is 332 g/mol. The molecule has 0 spiro atoms. The first-order chi connectivity index (χ1) is 11.1. The number of carbonyl (C=O) groups excluding carboxylic acids is 2. The summed E-state index contributed by atoms with van der Waals surface area (Å²) in [4.78, 5) is 39.2. The van der Waals surface area contributed by atoms with E-state index in [2.05, 4.69) is 15.6 Å². The van der Waals surface area contributed by atoms with Gasteiger partial charge in [0.15, 0.2) is 5.13 Å². The molecular weight excluding hydrogens is 320 g/mol. The molecule has 1 aliphatic rings. The molecule has 2 heterocycles. The highest BCUT2D eigenvalue weighted by atomic mass is 32.1. The van der Waals surface area contributed by atoms with Gasteiger partial charge in [-0.2, -0.15) is 0 Å². The molecule has 0 fully saturated rings. The number of fused-ring (bicyclic) bond motifs is 1. The standard InChI is InChI=1S/C14H12N4O4S/c19-12(8-4-1-2-6-10(8)18(21)22)17-14-16-9-5-3-7-15-13(20)11(9)23-14/h1-2,4,6H,3,5,7H2,(H,15,20)(H,16,17,19). The lowest BCUT2D eigenvalue weighted by molar-refractivity contribution is -0.385. The van der Waals surface area contributed by atoms with Crippen LogP contribution in [0.4, 0.5) is 10.8 Å². The summed E-state index contributed by atoms with van der Waals surface area (Å²) in [7, 11) is 0. The molecule has 1 aliphatic heterocycles. The van der Waals surface area contributed by atoms with E-state index in [0.717, 1.165) is 17.8 Å². The van der Waals surface area contributed by atoms with E-state index in [4.69, 9.17) is 0 Å². The summed E-state index contributed by atoms with van der Waals surface area (Å²) in [5.74, 6) is -0.831. The number of benzene rings is 1. The van der Waals surface area contributed by atoms with Crippen LogP contribution in [0, 0.1) is 10.1 Å². The van der Waals surface area contributed by atoms with Crippen LogP contribution >= 0.6 is 11.3 Å². The maximum atomic E-state index is 12.3. The van der Waals surface area contributed by atoms with Gasteiger partial charge < -0.3 is 5.32 Å². The van der Waals surface area contributed by atoms with Gasteiger partial charge in [-0.1, -0.05) is 23.5 Å². The van der Waals surface area contributed by atoms with Crippen molar-refractivity contribution in [2.45, 2.75) is 12.8 Å². The van der Waals surface area contributed by atoms with Crippen molar-refractivity contribution in [2.24, 2.45) is 0 Å². The quantitative estimate of drug-likeness (QED) is 0.659. The largest absolute Gasteiger partial charge is 0.351 e. The highest BCUT2D eigenvalue weighted by Crippen LogP contribution is 2.27. The molecule has 0 unspecified atom stereocenters. The number of amides is 2. The van der Waals surface area contributed by atoms with Crippen molar-refractivity contribution in [1.29, 1.82) is 0 Å². The molecule has 118 valence electrons. The van der Waals surface area contributed by atoms with Crippen molar-refractivity contribution in [3.63, 3.8) is 0 Å². The van der Waals surface area contributed by atoms with E-state index in [-0.39, 0.29) is 22.3 Å². The van der Waals surface area contributed by atoms with Crippen LogP contribution in [0.25, 0.3) is 0 Å². The lowest BCUT2D eigenvalue weighted by Crippen LogP contribution is -2.21. The number of hydrogen-bond acceptors (Lipinski definition) is 6. The topological polar surface area (TPSA) is 114 Å². The van der Waals surface area contributed by atoms with Crippen molar-refractivity contribution in [3.05, 3.63) is 50.5 Å². The molecule has 0 atom stereocenters. The zero-order chi connectivity index (χ0) is 16.4. The number of rotatable bonds is 3. The molecule has 2 N–H and O–H groups in total. The smallest absolute Gasteiger partial charge is 0.282 e. The number of anilines is 1. The number of nitro groups is 1. The van der Waals surface area contributed by atoms with Gasteiger partial charge in [-0.25, -0.2) is 4.98 Å². The Morgan fingerprint density at radius 3 is 2.96 bits per heavy atom. The minimum Gasteiger partial charge on any atom is -0.351 e. The molecule has 23 heavy (non-hydrogen) atoms. The Hall–Kier alpha value is -2.81. The van der Waals surface area contributed by atoms with E-state index in [1.54, 1.807) is 6.07 Å². The van der Waals surface area contributed by atoms with Crippen LogP contribution in [0.1, 0.15) is 32.1 Å². The molecule has 0 aliphatic carbocycles. The predicted octanol–water partition coefficient (Wildman–Crippen LogP) is 1.98. The number of nitro benzene ring substituents is 1. The number of aromatic nitrogens is 1. The van der Waals surface area contributed by atoms with Crippen molar-refractivity contribution >= 4 is 34.0 Å². The fraction of sp³-hybridized carbons (Fsp3) is 0.214. The Morgan fingerprint density at radius 1 is 1.39 bits per heavy atom. The van der Waals surface area contributed by atoms with Gasteiger partial charge in [-0.15, -0.1) is 0 Å². The van der Waals surface area contributed by atoms with Crippen LogP contribution in [0.5, 0.6) is 0 Å². The minimum absolute atomic E-state index is 0.0488. The second-order valence-electron chi connectivity index (χ2n) is 4.88. The minimum atomic E-state index is -0.624. The van der Waals surface area contributed by atoms with E-state index in [1.165, 1.54) is 18.2 Å². The predicted molar refractivity (Wildman–Crippen MR) is 83.8 cm³/mol. The van der Waals surface area contributed by atoms with Gasteiger partial charge in [-0.3, -0.25) is 25.0 Å². The van der Waals surface area contributed by atoms with E-state index in [0.29, 0.717) is 23.5 Å². The molecule has 8 nitrogen and oxygen atoms in total. The maximum Gasteiger partial charge on any atom is 0.282 e. The van der Waals surface area contributed by atoms with E-state index < -0.39 is 10.8 Å². The van der Waals surface area contributed by atoms with Crippen LogP contribution < -0.4 is 10.6 Å². The Balaban J connectivity index is 1.86. The highest BCUT2D eigenvalue weighted by Gasteiger charge is 2.23. The molecule has 1 aromatic carbocycles. The molecule has 0 bridgehead atoms.